The van der Waals surface area contributed by atoms with Crippen LogP contribution in [0.15, 0.2) is 105 Å². The number of nitrogens with one attached hydrogen (secondary N) is 2. The highest BCUT2D eigenvalue weighted by Gasteiger charge is 2.31. The van der Waals surface area contributed by atoms with Gasteiger partial charge in [0, 0.05) is 140 Å². The van der Waals surface area contributed by atoms with Crippen LogP contribution in [0.1, 0.15) is 153 Å². The van der Waals surface area contributed by atoms with E-state index in [1.54, 1.807) is 54.9 Å². The van der Waals surface area contributed by atoms with E-state index in [2.05, 4.69) is 112 Å². The molecule has 4 N–H and O–H groups in total. The number of ether oxygens (including phenoxy) is 3. The molecule has 0 aliphatic heterocycles. The Balaban J connectivity index is 0.000000804. The Bertz CT molecular complexity index is 2890. The van der Waals surface area contributed by atoms with Crippen LogP contribution < -0.4 is 51.3 Å². The van der Waals surface area contributed by atoms with Gasteiger partial charge in [-0.25, -0.2) is 4.58 Å². The number of ketones is 1. The summed E-state index contributed by atoms with van der Waals surface area (Å²) >= 11 is 2.80. The van der Waals surface area contributed by atoms with E-state index in [0.29, 0.717) is 106 Å². The molecule has 0 amide bonds. The molecule has 0 fully saturated rings. The molecule has 3 aromatic rings. The van der Waals surface area contributed by atoms with Crippen molar-refractivity contribution in [1.29, 1.82) is 0 Å². The van der Waals surface area contributed by atoms with Crippen molar-refractivity contribution in [2.24, 2.45) is 0 Å². The summed E-state index contributed by atoms with van der Waals surface area (Å²) in [6, 6.07) is 20.2. The molecule has 26 nitrogen and oxygen atoms in total. The Morgan fingerprint density at radius 1 is 0.500 bits per heavy atom. The van der Waals surface area contributed by atoms with Crippen molar-refractivity contribution < 1.29 is 107 Å². The average Bonchev–Trinajstić information content (AvgIpc) is 0.747. The van der Waals surface area contributed by atoms with Crippen molar-refractivity contribution in [2.45, 2.75) is 172 Å². The van der Waals surface area contributed by atoms with Crippen molar-refractivity contribution >= 4 is 82.5 Å². The Labute approximate surface area is 591 Å². The van der Waals surface area contributed by atoms with Gasteiger partial charge in [-0.1, -0.05) is 36.1 Å². The topological polar surface area (TPSA) is 337 Å². The maximum absolute atomic E-state index is 13.3. The minimum atomic E-state index is -1.01. The zero-order chi connectivity index (χ0) is 73.4. The van der Waals surface area contributed by atoms with Crippen LogP contribution in [-0.4, -0.2) is 158 Å². The number of hydrogen-bond donors (Lipinski definition) is 4. The summed E-state index contributed by atoms with van der Waals surface area (Å²) in [5.41, 5.74) is 2.06. The second-order valence-corrected chi connectivity index (χ2v) is 25.6. The molecule has 0 atom stereocenters. The van der Waals surface area contributed by atoms with Gasteiger partial charge in [-0.3, -0.25) is 43.9 Å². The fourth-order valence-corrected chi connectivity index (χ4v) is 11.8. The van der Waals surface area contributed by atoms with E-state index < -0.39 is 22.4 Å². The number of para-hydroxylation sites is 1. The number of hydrogen-bond acceptors (Lipinski definition) is 26. The highest BCUT2D eigenvalue weighted by molar-refractivity contribution is 7.94. The number of rotatable bonds is 42. The molecule has 0 bridgehead atoms. The number of nitrogens with zero attached hydrogens (tertiary/aromatic N) is 3. The highest BCUT2D eigenvalue weighted by Crippen LogP contribution is 2.38. The molecule has 0 aromatic heterocycles. The van der Waals surface area contributed by atoms with Gasteiger partial charge in [-0.05, 0) is 163 Å². The van der Waals surface area contributed by atoms with Crippen molar-refractivity contribution in [2.75, 3.05) is 99.2 Å². The summed E-state index contributed by atoms with van der Waals surface area (Å²) in [5, 5.41) is 69.6. The van der Waals surface area contributed by atoms with Crippen LogP contribution in [0.4, 0.5) is 11.4 Å². The molecule has 0 radical (unpaired) electrons. The van der Waals surface area contributed by atoms with Crippen molar-refractivity contribution in [3.63, 3.8) is 0 Å². The first-order valence-corrected chi connectivity index (χ1v) is 36.2. The third kappa shape index (κ3) is 35.2. The maximum Gasteiger partial charge on any atom is 0.306 e. The number of esters is 3. The van der Waals surface area contributed by atoms with Crippen LogP contribution >= 0.6 is 36.1 Å². The number of benzene rings is 2. The summed E-state index contributed by atoms with van der Waals surface area (Å²) in [6.07, 6.45) is 12.1. The third-order valence-corrected chi connectivity index (χ3v) is 17.1. The van der Waals surface area contributed by atoms with E-state index in [4.69, 9.17) is 24.4 Å². The zero-order valence-corrected chi connectivity index (χ0v) is 61.7. The van der Waals surface area contributed by atoms with Crippen molar-refractivity contribution in [3.05, 3.63) is 122 Å². The van der Waals surface area contributed by atoms with Crippen molar-refractivity contribution in [3.8, 4) is 11.5 Å². The molecular formula is C69H106N5O21S3-. The van der Waals surface area contributed by atoms with E-state index >= 15 is 0 Å². The van der Waals surface area contributed by atoms with Crippen LogP contribution in [0, 0.1) is 0 Å². The number of carbonyl (C=O) groups is 4. The van der Waals surface area contributed by atoms with Crippen LogP contribution in [0.2, 0.25) is 0 Å². The number of carbonyl (C=O) groups excluding carboxylic acids is 4. The average molecular weight is 1440 g/mol. The molecule has 0 unspecified atom stereocenters. The molecule has 0 spiro atoms. The van der Waals surface area contributed by atoms with E-state index in [-0.39, 0.29) is 53.4 Å². The van der Waals surface area contributed by atoms with E-state index in [1.807, 2.05) is 54.6 Å². The van der Waals surface area contributed by atoms with Gasteiger partial charge in [0.15, 0.2) is 11.5 Å². The minimum Gasteiger partial charge on any atom is -0.871 e. The lowest BCUT2D eigenvalue weighted by molar-refractivity contribution is -0.940. The highest BCUT2D eigenvalue weighted by atomic mass is 32.2. The van der Waals surface area contributed by atoms with Gasteiger partial charge in [-0.2, -0.15) is 13.0 Å². The van der Waals surface area contributed by atoms with Crippen molar-refractivity contribution in [1.82, 2.24) is 0 Å². The lowest BCUT2D eigenvalue weighted by Gasteiger charge is -2.32. The molecule has 2 aliphatic carbocycles. The number of Topliss-reactive ketones (excluding diaryl/α,β-unsaturated/α-hetero) is 1. The van der Waals surface area contributed by atoms with Gasteiger partial charge in [0.05, 0.1) is 63.5 Å². The second kappa shape index (κ2) is 53.7. The smallest absolute Gasteiger partial charge is 0.306 e. The predicted octanol–water partition coefficient (Wildman–Crippen LogP) is 4.44. The van der Waals surface area contributed by atoms with Crippen LogP contribution in [0.25, 0.3) is 5.57 Å². The summed E-state index contributed by atoms with van der Waals surface area (Å²) < 4.78 is 30.0. The Kier molecular flexibility index (Phi) is 49.2. The van der Waals surface area contributed by atoms with Crippen LogP contribution in [0.5, 0.6) is 11.5 Å². The van der Waals surface area contributed by atoms with Crippen LogP contribution in [0.3, 0.4) is 0 Å². The SMILES string of the molecule is CCOC(=O)CCCN(CCCSOO[O-])c1ccc(C2=C([O-])C(=C3C=CC(=[N+](CCCSOO[O-])CCCC(=O)OCC)C=C3)C2=O)cc1.CCOC(=O)CCCN(CCCSOO[O-])c1ccccc1.CC[NH+](C(C)C)C(C)C.CC[NH+](C(C)C)C(C)C.O=c1c(O)c(O)c1=O. The maximum atomic E-state index is 13.3. The molecule has 552 valence electrons. The molecule has 5 rings (SSSR count). The van der Waals surface area contributed by atoms with Gasteiger partial charge in [0.2, 0.25) is 11.5 Å². The molecule has 0 heterocycles. The fraction of sp³-hybridized carbons (Fsp3) is 0.580. The Morgan fingerprint density at radius 3 is 1.21 bits per heavy atom. The van der Waals surface area contributed by atoms with Gasteiger partial charge >= 0.3 is 17.9 Å². The first-order valence-electron chi connectivity index (χ1n) is 33.4. The van der Waals surface area contributed by atoms with Gasteiger partial charge in [0.1, 0.15) is 13.1 Å². The summed E-state index contributed by atoms with van der Waals surface area (Å²) in [5.74, 6) is -1.32. The molecule has 0 saturated carbocycles. The molecule has 2 aliphatic rings. The quantitative estimate of drug-likeness (QED) is 0.00701. The van der Waals surface area contributed by atoms with Crippen LogP contribution in [-0.2, 0) is 61.5 Å². The third-order valence-electron chi connectivity index (χ3n) is 15.3. The first-order chi connectivity index (χ1) is 46.9. The lowest BCUT2D eigenvalue weighted by atomic mass is 9.80. The number of quaternary nitrogens is 2. The van der Waals surface area contributed by atoms with E-state index in [1.165, 1.54) is 13.1 Å². The van der Waals surface area contributed by atoms with E-state index in [9.17, 15) is 49.6 Å². The molecule has 29 heteroatoms. The Morgan fingerprint density at radius 2 is 0.867 bits per heavy atom. The summed E-state index contributed by atoms with van der Waals surface area (Å²) in [6.45, 7) is 35.5. The van der Waals surface area contributed by atoms with Gasteiger partial charge < -0.3 is 64.9 Å². The predicted molar refractivity (Wildman–Crippen MR) is 373 cm³/mol. The van der Waals surface area contributed by atoms with Gasteiger partial charge in [-0.15, -0.1) is 0 Å². The number of anilines is 2. The number of allylic oxidation sites excluding steroid dienone is 7. The molecule has 98 heavy (non-hydrogen) atoms. The first kappa shape index (κ1) is 89.9. The second-order valence-electron chi connectivity index (χ2n) is 23.3. The molecule has 0 saturated heterocycles. The monoisotopic (exact) mass is 1440 g/mol. The number of aromatic hydroxyl groups is 2. The molecular weight excluding hydrogens is 1330 g/mol. The summed E-state index contributed by atoms with van der Waals surface area (Å²) in [7, 11) is 0. The Hall–Kier alpha value is -6.16. The fourth-order valence-electron chi connectivity index (χ4n) is 10.7. The minimum absolute atomic E-state index is 0.123. The standard InChI is InChI=1S/C34H44N2O12S2.C15H23NO5S.2C8H19N.C4H2O4/c1-3-43-29(37)9-5-19-35(21-7-23-49-47-45-41)27-15-11-25(12-16-27)31-33(39)32(34(31)40)26-13-17-28(18-14-26)36(22-8-24-50-48-46-42)20-6-10-30(38)44-4-2;1-2-19-15(17)10-6-11-16(12-7-13-22-21-20-18)14-8-4-3-5-9-14;2*1-6-9(7(2)3)8(4)5;5-1-2(6)4(8)3(1)7/h11-18H,3-10,19-24H2,1-2H3,(H2-,39,41,42);3-5,8-9,18H,2,6-7,10-13H2,1H3;2*7-8H,6H2,1-5H3;5-6H/p-1. The zero-order valence-electron chi connectivity index (χ0n) is 59.3. The van der Waals surface area contributed by atoms with E-state index in [0.717, 1.165) is 103 Å². The largest absolute Gasteiger partial charge is 0.871 e. The lowest BCUT2D eigenvalue weighted by Crippen LogP contribution is -3.17. The summed E-state index contributed by atoms with van der Waals surface area (Å²) in [4.78, 5) is 75.9. The normalized spacial score (nSPS) is 12.5. The molecule has 3 aromatic carbocycles. The van der Waals surface area contributed by atoms with Gasteiger partial charge in [0.25, 0.3) is 10.9 Å².